The molecule has 9 heteroatoms. The van der Waals surface area contributed by atoms with Crippen LogP contribution in [0.1, 0.15) is 22.7 Å². The van der Waals surface area contributed by atoms with Crippen LogP contribution in [-0.2, 0) is 18.3 Å². The lowest BCUT2D eigenvalue weighted by molar-refractivity contribution is -0.116. The van der Waals surface area contributed by atoms with E-state index in [1.165, 1.54) is 22.2 Å². The topological polar surface area (TPSA) is 92.7 Å². The summed E-state index contributed by atoms with van der Waals surface area (Å²) in [5.41, 5.74) is 1.26. The number of nitrogens with one attached hydrogen (secondary N) is 2. The highest BCUT2D eigenvalue weighted by atomic mass is 35.5. The van der Waals surface area contributed by atoms with Crippen LogP contribution in [0.2, 0.25) is 5.15 Å². The number of H-pyrrole nitrogens is 1. The summed E-state index contributed by atoms with van der Waals surface area (Å²) in [7, 11) is 1.69. The fourth-order valence-electron chi connectivity index (χ4n) is 2.37. The van der Waals surface area contributed by atoms with Crippen LogP contribution < -0.4 is 10.9 Å². The van der Waals surface area contributed by atoms with Crippen LogP contribution in [0, 0.1) is 13.8 Å². The molecule has 0 saturated carbocycles. The van der Waals surface area contributed by atoms with E-state index in [9.17, 15) is 9.59 Å². The zero-order valence-electron chi connectivity index (χ0n) is 13.4. The van der Waals surface area contributed by atoms with Gasteiger partial charge in [0.2, 0.25) is 5.91 Å². The minimum absolute atomic E-state index is 0.160. The number of fused-ring (bicyclic) bond motifs is 1. The first-order valence-electron chi connectivity index (χ1n) is 7.33. The third-order valence-corrected chi connectivity index (χ3v) is 5.37. The van der Waals surface area contributed by atoms with Crippen LogP contribution in [0.4, 0.5) is 5.69 Å². The van der Waals surface area contributed by atoms with E-state index in [4.69, 9.17) is 11.6 Å². The van der Waals surface area contributed by atoms with Crippen molar-refractivity contribution >= 4 is 44.7 Å². The molecule has 0 fully saturated rings. The van der Waals surface area contributed by atoms with Gasteiger partial charge in [0, 0.05) is 24.8 Å². The number of aromatic nitrogens is 4. The summed E-state index contributed by atoms with van der Waals surface area (Å²) in [6.07, 6.45) is 2.01. The van der Waals surface area contributed by atoms with Crippen molar-refractivity contribution in [2.24, 2.45) is 7.05 Å². The van der Waals surface area contributed by atoms with Crippen LogP contribution >= 0.6 is 22.9 Å². The quantitative estimate of drug-likeness (QED) is 0.743. The number of carbonyl (C=O) groups excluding carboxylic acids is 1. The Hall–Kier alpha value is -2.19. The van der Waals surface area contributed by atoms with Crippen molar-refractivity contribution in [3.63, 3.8) is 0 Å². The van der Waals surface area contributed by atoms with Gasteiger partial charge in [0.25, 0.3) is 5.56 Å². The first kappa shape index (κ1) is 16.7. The van der Waals surface area contributed by atoms with E-state index in [0.29, 0.717) is 33.3 Å². The molecular formula is C15H16ClN5O2S. The standard InChI is InChI=1S/C15H16ClN5O2S/c1-7-8(2)24-15-12(7)14(23)19-10(20-15)4-5-11(22)18-9-6-17-21(3)13(9)16/h6H,4-5H2,1-3H3,(H,18,22)(H,19,20,23). The number of hydrogen-bond donors (Lipinski definition) is 2. The molecule has 0 spiro atoms. The van der Waals surface area contributed by atoms with E-state index in [1.54, 1.807) is 7.05 Å². The van der Waals surface area contributed by atoms with Gasteiger partial charge in [-0.2, -0.15) is 5.10 Å². The molecule has 3 rings (SSSR count). The molecule has 0 aromatic carbocycles. The van der Waals surface area contributed by atoms with Gasteiger partial charge in [-0.05, 0) is 19.4 Å². The van der Waals surface area contributed by atoms with E-state index in [2.05, 4.69) is 20.4 Å². The third kappa shape index (κ3) is 3.07. The van der Waals surface area contributed by atoms with Crippen LogP contribution in [0.3, 0.4) is 0 Å². The summed E-state index contributed by atoms with van der Waals surface area (Å²) in [5, 5.41) is 7.64. The molecule has 0 bridgehead atoms. The Balaban J connectivity index is 1.72. The Morgan fingerprint density at radius 2 is 2.21 bits per heavy atom. The van der Waals surface area contributed by atoms with E-state index in [0.717, 1.165) is 10.4 Å². The van der Waals surface area contributed by atoms with E-state index in [1.807, 2.05) is 13.8 Å². The van der Waals surface area contributed by atoms with Crippen molar-refractivity contribution in [2.75, 3.05) is 5.32 Å². The largest absolute Gasteiger partial charge is 0.322 e. The second-order valence-corrected chi connectivity index (χ2v) is 7.06. The van der Waals surface area contributed by atoms with Gasteiger partial charge in [0.15, 0.2) is 0 Å². The average Bonchev–Trinajstić information content (AvgIpc) is 2.99. The van der Waals surface area contributed by atoms with Gasteiger partial charge >= 0.3 is 0 Å². The molecule has 0 aliphatic rings. The smallest absolute Gasteiger partial charge is 0.259 e. The lowest BCUT2D eigenvalue weighted by Gasteiger charge is -2.04. The molecule has 0 aliphatic carbocycles. The van der Waals surface area contributed by atoms with Gasteiger partial charge in [-0.1, -0.05) is 11.6 Å². The number of aryl methyl sites for hydroxylation is 4. The van der Waals surface area contributed by atoms with Crippen molar-refractivity contribution in [2.45, 2.75) is 26.7 Å². The SMILES string of the molecule is Cc1sc2nc(CCC(=O)Nc3cnn(C)c3Cl)[nH]c(=O)c2c1C. The van der Waals surface area contributed by atoms with Crippen molar-refractivity contribution < 1.29 is 4.79 Å². The highest BCUT2D eigenvalue weighted by Crippen LogP contribution is 2.25. The molecule has 3 heterocycles. The van der Waals surface area contributed by atoms with Crippen molar-refractivity contribution in [3.8, 4) is 0 Å². The van der Waals surface area contributed by atoms with Gasteiger partial charge in [0.05, 0.1) is 17.3 Å². The molecule has 0 unspecified atom stereocenters. The summed E-state index contributed by atoms with van der Waals surface area (Å²) in [4.78, 5) is 33.2. The molecule has 126 valence electrons. The summed E-state index contributed by atoms with van der Waals surface area (Å²) in [5.74, 6) is 0.285. The third-order valence-electron chi connectivity index (χ3n) is 3.82. The van der Waals surface area contributed by atoms with Crippen molar-refractivity contribution in [1.29, 1.82) is 0 Å². The Morgan fingerprint density at radius 1 is 1.46 bits per heavy atom. The van der Waals surface area contributed by atoms with E-state index >= 15 is 0 Å². The monoisotopic (exact) mass is 365 g/mol. The predicted molar refractivity (Wildman–Crippen MR) is 94.9 cm³/mol. The molecule has 1 amide bonds. The Morgan fingerprint density at radius 3 is 2.88 bits per heavy atom. The second-order valence-electron chi connectivity index (χ2n) is 5.50. The molecule has 0 radical (unpaired) electrons. The number of halogens is 1. The number of nitrogens with zero attached hydrogens (tertiary/aromatic N) is 3. The lowest BCUT2D eigenvalue weighted by atomic mass is 10.2. The van der Waals surface area contributed by atoms with Gasteiger partial charge in [-0.3, -0.25) is 14.3 Å². The van der Waals surface area contributed by atoms with Crippen LogP contribution in [-0.4, -0.2) is 25.7 Å². The summed E-state index contributed by atoms with van der Waals surface area (Å²) in [6, 6.07) is 0. The normalized spacial score (nSPS) is 11.2. The van der Waals surface area contributed by atoms with E-state index < -0.39 is 0 Å². The number of rotatable bonds is 4. The fraction of sp³-hybridized carbons (Fsp3) is 0.333. The molecule has 2 N–H and O–H groups in total. The number of aromatic amines is 1. The molecule has 0 aliphatic heterocycles. The molecule has 24 heavy (non-hydrogen) atoms. The van der Waals surface area contributed by atoms with Gasteiger partial charge < -0.3 is 10.3 Å². The number of thiophene rings is 1. The Bertz CT molecular complexity index is 988. The summed E-state index contributed by atoms with van der Waals surface area (Å²) in [6.45, 7) is 3.88. The minimum Gasteiger partial charge on any atom is -0.322 e. The van der Waals surface area contributed by atoms with E-state index in [-0.39, 0.29) is 17.9 Å². The molecular weight excluding hydrogens is 350 g/mol. The maximum atomic E-state index is 12.2. The summed E-state index contributed by atoms with van der Waals surface area (Å²) < 4.78 is 1.46. The molecule has 0 atom stereocenters. The number of amides is 1. The molecule has 3 aromatic heterocycles. The highest BCUT2D eigenvalue weighted by Gasteiger charge is 2.13. The molecule has 0 saturated heterocycles. The fourth-order valence-corrected chi connectivity index (χ4v) is 3.56. The number of hydrogen-bond acceptors (Lipinski definition) is 5. The number of anilines is 1. The zero-order chi connectivity index (χ0) is 17.4. The first-order valence-corrected chi connectivity index (χ1v) is 8.52. The molecule has 3 aromatic rings. The maximum Gasteiger partial charge on any atom is 0.259 e. The maximum absolute atomic E-state index is 12.2. The predicted octanol–water partition coefficient (Wildman–Crippen LogP) is 2.56. The lowest BCUT2D eigenvalue weighted by Crippen LogP contribution is -2.16. The van der Waals surface area contributed by atoms with Crippen LogP contribution in [0.25, 0.3) is 10.2 Å². The first-order chi connectivity index (χ1) is 11.4. The summed E-state index contributed by atoms with van der Waals surface area (Å²) >= 11 is 7.49. The highest BCUT2D eigenvalue weighted by molar-refractivity contribution is 7.18. The van der Waals surface area contributed by atoms with Gasteiger partial charge in [-0.25, -0.2) is 4.98 Å². The van der Waals surface area contributed by atoms with Crippen molar-refractivity contribution in [1.82, 2.24) is 19.7 Å². The average molecular weight is 366 g/mol. The minimum atomic E-state index is -0.216. The second kappa shape index (κ2) is 6.37. The van der Waals surface area contributed by atoms with Gasteiger partial charge in [-0.15, -0.1) is 11.3 Å². The number of carbonyl (C=O) groups is 1. The Labute approximate surface area is 146 Å². The Kier molecular flexibility index (Phi) is 4.42. The van der Waals surface area contributed by atoms with Gasteiger partial charge in [0.1, 0.15) is 15.8 Å². The van der Waals surface area contributed by atoms with Crippen LogP contribution in [0.15, 0.2) is 11.0 Å². The zero-order valence-corrected chi connectivity index (χ0v) is 15.0. The van der Waals surface area contributed by atoms with Crippen molar-refractivity contribution in [3.05, 3.63) is 38.0 Å². The van der Waals surface area contributed by atoms with Crippen LogP contribution in [0.5, 0.6) is 0 Å². The molecule has 7 nitrogen and oxygen atoms in total.